The highest BCUT2D eigenvalue weighted by Crippen LogP contribution is 2.44. The number of para-hydroxylation sites is 2. The van der Waals surface area contributed by atoms with Crippen LogP contribution in [0.2, 0.25) is 0 Å². The molecule has 0 aliphatic heterocycles. The van der Waals surface area contributed by atoms with Crippen LogP contribution in [0.25, 0.3) is 109 Å². The van der Waals surface area contributed by atoms with Gasteiger partial charge in [-0.05, 0) is 167 Å². The zero-order chi connectivity index (χ0) is 47.3. The third kappa shape index (κ3) is 6.88. The smallest absolute Gasteiger partial charge is 0.189 e. The fraction of sp³-hybridized carbons (Fsp3) is 0.0164. The van der Waals surface area contributed by atoms with Crippen molar-refractivity contribution in [2.45, 2.75) is 6.92 Å². The molecule has 2 aromatic heterocycles. The number of aromatic nitrogens is 2. The Kier molecular flexibility index (Phi) is 9.86. The fourth-order valence-corrected chi connectivity index (χ4v) is 9.84. The van der Waals surface area contributed by atoms with Gasteiger partial charge in [0.05, 0.1) is 76.3 Å². The van der Waals surface area contributed by atoms with E-state index in [1.165, 1.54) is 0 Å². The van der Waals surface area contributed by atoms with E-state index in [1.54, 1.807) is 12.1 Å². The van der Waals surface area contributed by atoms with Gasteiger partial charge >= 0.3 is 0 Å². The molecule has 8 heteroatoms. The summed E-state index contributed by atoms with van der Waals surface area (Å²) in [4.78, 5) is 7.26. The Morgan fingerprint density at radius 2 is 0.884 bits per heavy atom. The van der Waals surface area contributed by atoms with E-state index in [4.69, 9.17) is 13.1 Å². The van der Waals surface area contributed by atoms with Crippen LogP contribution >= 0.6 is 0 Å². The van der Waals surface area contributed by atoms with Gasteiger partial charge in [0.2, 0.25) is 0 Å². The maximum atomic E-state index is 10.5. The van der Waals surface area contributed by atoms with Gasteiger partial charge in [0.1, 0.15) is 0 Å². The maximum absolute atomic E-state index is 10.5. The minimum absolute atomic E-state index is 0.397. The standard InChI is InChI=1S/C61H32N8/c1-37-22-38(33-62)12-17-49(37)50-18-16-48(68-57-10-6-4-8-51(57)55-30-42(14-20-59(55)68)44-23-40(35-64)25-46(28-44)66-2)32-53(50)54-27-39(34-63)13-19-60(54)69-58-11-7-5-9-52(58)56-31-43(15-21-61(56)69)45-24-41(36-65)26-47(29-45)67-3/h4-32H,1H3. The van der Waals surface area contributed by atoms with Crippen LogP contribution in [-0.4, -0.2) is 9.13 Å². The van der Waals surface area contributed by atoms with Crippen molar-refractivity contribution in [1.29, 1.82) is 21.0 Å². The molecule has 0 radical (unpaired) electrons. The van der Waals surface area contributed by atoms with Crippen LogP contribution < -0.4 is 0 Å². The van der Waals surface area contributed by atoms with Crippen LogP contribution in [0.3, 0.4) is 0 Å². The molecule has 0 spiro atoms. The Bertz CT molecular complexity index is 4230. The summed E-state index contributed by atoms with van der Waals surface area (Å²) < 4.78 is 4.49. The van der Waals surface area contributed by atoms with Crippen molar-refractivity contribution in [1.82, 2.24) is 9.13 Å². The average Bonchev–Trinajstić information content (AvgIpc) is 3.92. The van der Waals surface area contributed by atoms with Crippen LogP contribution in [0, 0.1) is 65.4 Å². The number of hydrogen-bond acceptors (Lipinski definition) is 4. The molecular weight excluding hydrogens is 845 g/mol. The van der Waals surface area contributed by atoms with Gasteiger partial charge in [0.25, 0.3) is 0 Å². The van der Waals surface area contributed by atoms with Crippen molar-refractivity contribution in [2.24, 2.45) is 0 Å². The Labute approximate surface area is 397 Å². The van der Waals surface area contributed by atoms with Crippen LogP contribution in [0.1, 0.15) is 27.8 Å². The first kappa shape index (κ1) is 41.2. The summed E-state index contributed by atoms with van der Waals surface area (Å²) in [6.45, 7) is 17.4. The fourth-order valence-electron chi connectivity index (χ4n) is 9.84. The Balaban J connectivity index is 1.18. The van der Waals surface area contributed by atoms with E-state index >= 15 is 0 Å². The lowest BCUT2D eigenvalue weighted by atomic mass is 9.89. The monoisotopic (exact) mass is 876 g/mol. The van der Waals surface area contributed by atoms with Crippen molar-refractivity contribution in [3.05, 3.63) is 227 Å². The van der Waals surface area contributed by atoms with Gasteiger partial charge in [-0.2, -0.15) is 21.0 Å². The van der Waals surface area contributed by atoms with Crippen molar-refractivity contribution >= 4 is 55.0 Å². The molecule has 8 nitrogen and oxygen atoms in total. The zero-order valence-electron chi connectivity index (χ0n) is 36.8. The molecule has 0 bridgehead atoms. The van der Waals surface area contributed by atoms with Gasteiger partial charge in [-0.15, -0.1) is 0 Å². The lowest BCUT2D eigenvalue weighted by molar-refractivity contribution is 1.17. The number of hydrogen-bond donors (Lipinski definition) is 0. The lowest BCUT2D eigenvalue weighted by Gasteiger charge is -2.20. The molecule has 0 amide bonds. The van der Waals surface area contributed by atoms with Crippen LogP contribution in [0.15, 0.2) is 176 Å². The summed E-state index contributed by atoms with van der Waals surface area (Å²) in [5.41, 5.74) is 16.1. The zero-order valence-corrected chi connectivity index (χ0v) is 36.8. The highest BCUT2D eigenvalue weighted by Gasteiger charge is 2.22. The molecule has 0 unspecified atom stereocenters. The molecule has 69 heavy (non-hydrogen) atoms. The lowest BCUT2D eigenvalue weighted by Crippen LogP contribution is -2.01. The van der Waals surface area contributed by atoms with Gasteiger partial charge in [0, 0.05) is 43.9 Å². The maximum Gasteiger partial charge on any atom is 0.189 e. The van der Waals surface area contributed by atoms with E-state index in [0.29, 0.717) is 33.6 Å². The summed E-state index contributed by atoms with van der Waals surface area (Å²) in [6, 6.07) is 66.5. The van der Waals surface area contributed by atoms with Gasteiger partial charge in [-0.25, -0.2) is 9.69 Å². The second-order valence-corrected chi connectivity index (χ2v) is 16.9. The number of aryl methyl sites for hydroxylation is 1. The molecule has 0 saturated heterocycles. The second kappa shape index (κ2) is 16.5. The van der Waals surface area contributed by atoms with E-state index in [1.807, 2.05) is 104 Å². The normalized spacial score (nSPS) is 10.9. The Hall–Kier alpha value is -10.5. The molecule has 0 aliphatic rings. The molecule has 0 atom stereocenters. The average molecular weight is 877 g/mol. The van der Waals surface area contributed by atoms with Crippen LogP contribution in [0.5, 0.6) is 0 Å². The summed E-state index contributed by atoms with van der Waals surface area (Å²) in [5.74, 6) is 0. The van der Waals surface area contributed by atoms with E-state index < -0.39 is 0 Å². The van der Waals surface area contributed by atoms with Crippen molar-refractivity contribution in [3.8, 4) is 80.2 Å². The molecular formula is C61H32N8. The summed E-state index contributed by atoms with van der Waals surface area (Å²) in [5, 5.41) is 44.0. The predicted molar refractivity (Wildman–Crippen MR) is 273 cm³/mol. The molecule has 0 fully saturated rings. The molecule has 11 rings (SSSR count). The summed E-state index contributed by atoms with van der Waals surface area (Å²) in [6.07, 6.45) is 0. The molecule has 0 aliphatic carbocycles. The largest absolute Gasteiger partial charge is 0.309 e. The molecule has 0 N–H and O–H groups in total. The minimum atomic E-state index is 0.397. The van der Waals surface area contributed by atoms with Crippen molar-refractivity contribution in [2.75, 3.05) is 0 Å². The predicted octanol–water partition coefficient (Wildman–Crippen LogP) is 15.4. The third-order valence-corrected chi connectivity index (χ3v) is 12.9. The molecule has 9 aromatic carbocycles. The minimum Gasteiger partial charge on any atom is -0.309 e. The number of nitriles is 4. The van der Waals surface area contributed by atoms with Crippen molar-refractivity contribution < 1.29 is 0 Å². The topological polar surface area (TPSA) is 114 Å². The van der Waals surface area contributed by atoms with Gasteiger partial charge in [-0.3, -0.25) is 0 Å². The van der Waals surface area contributed by atoms with E-state index in [2.05, 4.69) is 110 Å². The van der Waals surface area contributed by atoms with Gasteiger partial charge in [0.15, 0.2) is 11.4 Å². The first-order valence-corrected chi connectivity index (χ1v) is 21.9. The van der Waals surface area contributed by atoms with E-state index in [-0.39, 0.29) is 0 Å². The SMILES string of the molecule is [C-]#[N+]c1cc(C#N)cc(-c2ccc3c(c2)c2ccccc2n3-c2ccc(-c3ccc(C#N)cc3C)c(-c3cc(C#N)ccc3-n3c4ccccc4c4cc(-c5cc(C#N)cc([N+]#[C-])c5)ccc43)c2)c1. The second-order valence-electron chi connectivity index (χ2n) is 16.9. The first-order valence-electron chi connectivity index (χ1n) is 21.9. The first-order chi connectivity index (χ1) is 33.8. The summed E-state index contributed by atoms with van der Waals surface area (Å²) in [7, 11) is 0. The van der Waals surface area contributed by atoms with E-state index in [9.17, 15) is 21.0 Å². The Morgan fingerprint density at radius 3 is 1.45 bits per heavy atom. The van der Waals surface area contributed by atoms with Crippen molar-refractivity contribution in [3.63, 3.8) is 0 Å². The number of rotatable bonds is 6. The van der Waals surface area contributed by atoms with Crippen LogP contribution in [0.4, 0.5) is 11.4 Å². The highest BCUT2D eigenvalue weighted by molar-refractivity contribution is 6.12. The molecule has 2 heterocycles. The number of fused-ring (bicyclic) bond motifs is 6. The number of nitrogens with zero attached hydrogens (tertiary/aromatic N) is 8. The molecule has 0 saturated carbocycles. The third-order valence-electron chi connectivity index (χ3n) is 12.9. The molecule has 316 valence electrons. The van der Waals surface area contributed by atoms with Gasteiger partial charge < -0.3 is 9.13 Å². The quantitative estimate of drug-likeness (QED) is 0.155. The van der Waals surface area contributed by atoms with Crippen LogP contribution in [-0.2, 0) is 0 Å². The number of benzene rings is 9. The highest BCUT2D eigenvalue weighted by atomic mass is 15.0. The van der Waals surface area contributed by atoms with Gasteiger partial charge in [-0.1, -0.05) is 60.7 Å². The van der Waals surface area contributed by atoms with E-state index in [0.717, 1.165) is 105 Å². The Morgan fingerprint density at radius 1 is 0.377 bits per heavy atom. The summed E-state index contributed by atoms with van der Waals surface area (Å²) >= 11 is 0. The molecule has 11 aromatic rings.